The second kappa shape index (κ2) is 7.34. The number of ketones is 1. The summed E-state index contributed by atoms with van der Waals surface area (Å²) in [6, 6.07) is 1.90. The van der Waals surface area contributed by atoms with Gasteiger partial charge in [-0.2, -0.15) is 0 Å². The summed E-state index contributed by atoms with van der Waals surface area (Å²) in [5.74, 6) is 4.23. The van der Waals surface area contributed by atoms with E-state index in [4.69, 9.17) is 0 Å². The van der Waals surface area contributed by atoms with Gasteiger partial charge in [0.25, 0.3) is 0 Å². The maximum atomic E-state index is 13.5. The molecule has 1 N–H and O–H groups in total. The molecule has 0 aliphatic heterocycles. The number of carbonyl (C=O) groups is 1. The molecule has 0 saturated heterocycles. The fourth-order valence-electron chi connectivity index (χ4n) is 8.81. The Kier molecular flexibility index (Phi) is 4.76. The Hall–Kier alpha value is -1.82. The lowest BCUT2D eigenvalue weighted by atomic mass is 9.49. The Balaban J connectivity index is 1.20. The van der Waals surface area contributed by atoms with Gasteiger partial charge in [0.1, 0.15) is 12.1 Å². The molecule has 6 heteroatoms. The number of aromatic nitrogens is 4. The molecule has 0 aromatic carbocycles. The van der Waals surface area contributed by atoms with E-state index < -0.39 is 5.60 Å². The van der Waals surface area contributed by atoms with Crippen LogP contribution >= 0.6 is 0 Å². The van der Waals surface area contributed by atoms with E-state index in [0.29, 0.717) is 24.2 Å². The highest BCUT2D eigenvalue weighted by molar-refractivity contribution is 5.84. The van der Waals surface area contributed by atoms with Crippen LogP contribution in [0, 0.1) is 40.9 Å². The average Bonchev–Trinajstić information content (AvgIpc) is 3.33. The molecule has 6 nitrogen and oxygen atoms in total. The lowest BCUT2D eigenvalue weighted by Gasteiger charge is -2.56. The summed E-state index contributed by atoms with van der Waals surface area (Å²) in [6.45, 7) is 4.78. The molecule has 4 aliphatic rings. The zero-order chi connectivity index (χ0) is 22.1. The van der Waals surface area contributed by atoms with Crippen molar-refractivity contribution >= 4 is 16.8 Å². The highest BCUT2D eigenvalue weighted by Crippen LogP contribution is 2.64. The first-order chi connectivity index (χ1) is 15.4. The first-order valence-corrected chi connectivity index (χ1v) is 12.7. The molecule has 4 aliphatic carbocycles. The van der Waals surface area contributed by atoms with Gasteiger partial charge >= 0.3 is 0 Å². The predicted octanol–water partition coefficient (Wildman–Crippen LogP) is 4.42. The van der Waals surface area contributed by atoms with E-state index in [1.165, 1.54) is 38.5 Å². The van der Waals surface area contributed by atoms with Gasteiger partial charge in [0.2, 0.25) is 0 Å². The average molecular weight is 437 g/mol. The number of rotatable bonds is 3. The van der Waals surface area contributed by atoms with Crippen molar-refractivity contribution in [1.29, 1.82) is 0 Å². The molecule has 8 unspecified atom stereocenters. The highest BCUT2D eigenvalue weighted by atomic mass is 16.3. The van der Waals surface area contributed by atoms with Crippen molar-refractivity contribution in [2.24, 2.45) is 40.9 Å². The fraction of sp³-hybridized carbons (Fsp3) is 0.769. The number of hydrogen-bond donors (Lipinski definition) is 1. The molecule has 6 rings (SSSR count). The van der Waals surface area contributed by atoms with Gasteiger partial charge in [-0.25, -0.2) is 4.68 Å². The Morgan fingerprint density at radius 2 is 1.94 bits per heavy atom. The lowest BCUT2D eigenvalue weighted by Crippen LogP contribution is -2.51. The van der Waals surface area contributed by atoms with Crippen molar-refractivity contribution in [1.82, 2.24) is 20.0 Å². The Morgan fingerprint density at radius 1 is 1.09 bits per heavy atom. The monoisotopic (exact) mass is 436 g/mol. The van der Waals surface area contributed by atoms with E-state index in [2.05, 4.69) is 22.2 Å². The van der Waals surface area contributed by atoms with E-state index in [1.54, 1.807) is 17.1 Å². The van der Waals surface area contributed by atoms with Crippen LogP contribution in [0.4, 0.5) is 0 Å². The molecular formula is C26H36N4O2. The van der Waals surface area contributed by atoms with Gasteiger partial charge in [0, 0.05) is 12.1 Å². The van der Waals surface area contributed by atoms with E-state index in [9.17, 15) is 9.90 Å². The molecule has 0 radical (unpaired) electrons. The van der Waals surface area contributed by atoms with Crippen molar-refractivity contribution < 1.29 is 9.90 Å². The summed E-state index contributed by atoms with van der Waals surface area (Å²) >= 11 is 0. The van der Waals surface area contributed by atoms with Gasteiger partial charge in [-0.15, -0.1) is 5.10 Å². The summed E-state index contributed by atoms with van der Waals surface area (Å²) in [6.07, 6.45) is 13.8. The number of fused-ring (bicyclic) bond motifs is 6. The first-order valence-electron chi connectivity index (χ1n) is 12.7. The predicted molar refractivity (Wildman–Crippen MR) is 122 cm³/mol. The van der Waals surface area contributed by atoms with Gasteiger partial charge < -0.3 is 5.11 Å². The number of pyridine rings is 1. The highest BCUT2D eigenvalue weighted by Gasteiger charge is 2.58. The Bertz CT molecular complexity index is 1030. The van der Waals surface area contributed by atoms with Crippen LogP contribution in [0.5, 0.6) is 0 Å². The van der Waals surface area contributed by atoms with Crippen LogP contribution in [0.2, 0.25) is 0 Å². The van der Waals surface area contributed by atoms with E-state index in [1.807, 2.05) is 13.0 Å². The van der Waals surface area contributed by atoms with Crippen molar-refractivity contribution in [3.8, 4) is 0 Å². The minimum Gasteiger partial charge on any atom is -0.390 e. The standard InChI is InChI=1S/C26H36N4O2/c1-25(32)10-7-17-16(13-25)3-4-19-18(17)8-11-26(2)20(19)5-6-21(26)24(31)15-30-23-9-12-27-14-22(23)28-29-30/h9,12,14,16-21,32H,3-8,10-11,13,15H2,1-2H3. The van der Waals surface area contributed by atoms with E-state index in [-0.39, 0.29) is 11.3 Å². The van der Waals surface area contributed by atoms with Crippen LogP contribution in [-0.4, -0.2) is 36.5 Å². The van der Waals surface area contributed by atoms with Crippen molar-refractivity contribution in [3.05, 3.63) is 18.5 Å². The lowest BCUT2D eigenvalue weighted by molar-refractivity contribution is -0.133. The number of nitrogens with zero attached hydrogens (tertiary/aromatic N) is 4. The minimum atomic E-state index is -0.455. The Morgan fingerprint density at radius 3 is 2.81 bits per heavy atom. The van der Waals surface area contributed by atoms with Gasteiger partial charge in [-0.1, -0.05) is 12.1 Å². The van der Waals surface area contributed by atoms with Crippen LogP contribution in [0.3, 0.4) is 0 Å². The zero-order valence-electron chi connectivity index (χ0n) is 19.4. The summed E-state index contributed by atoms with van der Waals surface area (Å²) in [4.78, 5) is 17.7. The van der Waals surface area contributed by atoms with Crippen LogP contribution in [0.15, 0.2) is 18.5 Å². The van der Waals surface area contributed by atoms with Gasteiger partial charge in [0.15, 0.2) is 5.78 Å². The molecule has 2 heterocycles. The summed E-state index contributed by atoms with van der Waals surface area (Å²) in [5.41, 5.74) is 1.31. The van der Waals surface area contributed by atoms with Gasteiger partial charge in [0.05, 0.1) is 17.3 Å². The third-order valence-corrected chi connectivity index (χ3v) is 10.2. The first kappa shape index (κ1) is 20.8. The molecule has 4 fully saturated rings. The number of carbonyl (C=O) groups excluding carboxylic acids is 1. The molecular weight excluding hydrogens is 400 g/mol. The van der Waals surface area contributed by atoms with E-state index in [0.717, 1.165) is 48.0 Å². The molecule has 0 spiro atoms. The third-order valence-electron chi connectivity index (χ3n) is 10.2. The van der Waals surface area contributed by atoms with Crippen molar-refractivity contribution in [2.45, 2.75) is 83.8 Å². The minimum absolute atomic E-state index is 0.128. The van der Waals surface area contributed by atoms with Gasteiger partial charge in [-0.05, 0) is 106 Å². The second-order valence-corrected chi connectivity index (χ2v) is 11.9. The third kappa shape index (κ3) is 3.16. The smallest absolute Gasteiger partial charge is 0.157 e. The van der Waals surface area contributed by atoms with Gasteiger partial charge in [-0.3, -0.25) is 9.78 Å². The number of hydrogen-bond acceptors (Lipinski definition) is 5. The normalized spacial score (nSPS) is 43.5. The number of Topliss-reactive ketones (excluding diaryl/α,β-unsaturated/α-hetero) is 1. The Labute approximate surface area is 190 Å². The molecule has 0 bridgehead atoms. The van der Waals surface area contributed by atoms with Crippen LogP contribution in [0.1, 0.15) is 71.6 Å². The van der Waals surface area contributed by atoms with Crippen molar-refractivity contribution in [3.63, 3.8) is 0 Å². The molecule has 4 saturated carbocycles. The fourth-order valence-corrected chi connectivity index (χ4v) is 8.81. The summed E-state index contributed by atoms with van der Waals surface area (Å²) in [5, 5.41) is 19.0. The molecule has 2 aromatic rings. The van der Waals surface area contributed by atoms with Crippen LogP contribution < -0.4 is 0 Å². The van der Waals surface area contributed by atoms with Crippen molar-refractivity contribution in [2.75, 3.05) is 0 Å². The number of aliphatic hydroxyl groups is 1. The zero-order valence-corrected chi connectivity index (χ0v) is 19.4. The molecule has 172 valence electrons. The summed E-state index contributed by atoms with van der Waals surface area (Å²) < 4.78 is 1.76. The SMILES string of the molecule is CC1(O)CCC2C(CCC3C2CCC2(C)C(C(=O)Cn4nnc5cnccc54)CCC32)C1. The maximum Gasteiger partial charge on any atom is 0.157 e. The molecule has 0 amide bonds. The maximum absolute atomic E-state index is 13.5. The van der Waals surface area contributed by atoms with Crippen LogP contribution in [-0.2, 0) is 11.3 Å². The molecule has 32 heavy (non-hydrogen) atoms. The van der Waals surface area contributed by atoms with Crippen LogP contribution in [0.25, 0.3) is 11.0 Å². The second-order valence-electron chi connectivity index (χ2n) is 11.9. The molecule has 2 aromatic heterocycles. The summed E-state index contributed by atoms with van der Waals surface area (Å²) in [7, 11) is 0. The van der Waals surface area contributed by atoms with E-state index >= 15 is 0 Å². The topological polar surface area (TPSA) is 80.9 Å². The molecule has 8 atom stereocenters. The largest absolute Gasteiger partial charge is 0.390 e. The quantitative estimate of drug-likeness (QED) is 0.771.